The Hall–Kier alpha value is -1.78. The average Bonchev–Trinajstić information content (AvgIpc) is 2.98. The van der Waals surface area contributed by atoms with E-state index in [0.717, 1.165) is 17.6 Å². The Bertz CT molecular complexity index is 877. The quantitative estimate of drug-likeness (QED) is 0.126. The third-order valence-corrected chi connectivity index (χ3v) is 4.71. The van der Waals surface area contributed by atoms with Crippen molar-refractivity contribution in [2.45, 2.75) is 12.1 Å². The van der Waals surface area contributed by atoms with E-state index in [4.69, 9.17) is 10.3 Å². The van der Waals surface area contributed by atoms with E-state index in [9.17, 15) is 18.0 Å². The molecule has 27 heavy (non-hydrogen) atoms. The summed E-state index contributed by atoms with van der Waals surface area (Å²) in [6.07, 6.45) is 0.939. The van der Waals surface area contributed by atoms with Gasteiger partial charge < -0.3 is 22.2 Å². The molecular formula is C11H15N6NaO7S2. The van der Waals surface area contributed by atoms with Gasteiger partial charge in [0.15, 0.2) is 10.8 Å². The van der Waals surface area contributed by atoms with Crippen molar-refractivity contribution in [2.24, 2.45) is 10.3 Å². The summed E-state index contributed by atoms with van der Waals surface area (Å²) in [7, 11) is -2.45. The number of rotatable bonds is 7. The normalized spacial score (nSPS) is 20.0. The van der Waals surface area contributed by atoms with Crippen LogP contribution in [0.4, 0.5) is 5.13 Å². The summed E-state index contributed by atoms with van der Waals surface area (Å²) in [6.45, 7) is 0. The molecule has 0 radical (unpaired) electrons. The van der Waals surface area contributed by atoms with Crippen molar-refractivity contribution in [3.63, 3.8) is 0 Å². The van der Waals surface area contributed by atoms with Gasteiger partial charge in [-0.3, -0.25) is 14.1 Å². The number of carbonyl (C=O) groups excluding carboxylic acids is 2. The van der Waals surface area contributed by atoms with E-state index in [1.54, 1.807) is 0 Å². The molecule has 0 bridgehead atoms. The molecule has 13 nitrogen and oxygen atoms in total. The van der Waals surface area contributed by atoms with E-state index in [1.165, 1.54) is 19.6 Å². The first-order valence-electron chi connectivity index (χ1n) is 6.71. The molecule has 1 aliphatic heterocycles. The fraction of sp³-hybridized carbons (Fsp3) is 0.364. The molecule has 1 aliphatic rings. The van der Waals surface area contributed by atoms with Gasteiger partial charge in [0.05, 0.1) is 6.21 Å². The Morgan fingerprint density at radius 1 is 1.52 bits per heavy atom. The number of carbonyl (C=O) groups is 2. The van der Waals surface area contributed by atoms with Crippen molar-refractivity contribution in [2.75, 3.05) is 20.0 Å². The Balaban J connectivity index is 0.00000364. The molecule has 0 unspecified atom stereocenters. The second-order valence-corrected chi connectivity index (χ2v) is 6.86. The van der Waals surface area contributed by atoms with Crippen LogP contribution in [0.25, 0.3) is 0 Å². The molecule has 2 atom stereocenters. The zero-order valence-corrected chi connectivity index (χ0v) is 18.0. The Morgan fingerprint density at radius 3 is 2.67 bits per heavy atom. The first-order chi connectivity index (χ1) is 12.2. The monoisotopic (exact) mass is 430 g/mol. The van der Waals surface area contributed by atoms with Crippen molar-refractivity contribution >= 4 is 50.5 Å². The van der Waals surface area contributed by atoms with Crippen LogP contribution in [-0.4, -0.2) is 72.3 Å². The summed E-state index contributed by atoms with van der Waals surface area (Å²) in [5, 5.41) is 10.8. The largest absolute Gasteiger partial charge is 1.00 e. The molecule has 2 rings (SSSR count). The van der Waals surface area contributed by atoms with Gasteiger partial charge >= 0.3 is 39.9 Å². The van der Waals surface area contributed by atoms with Crippen LogP contribution < -0.4 is 40.6 Å². The van der Waals surface area contributed by atoms with Crippen LogP contribution >= 0.6 is 11.3 Å². The van der Waals surface area contributed by atoms with Crippen LogP contribution in [0.1, 0.15) is 7.12 Å². The van der Waals surface area contributed by atoms with E-state index >= 15 is 0 Å². The molecule has 2 amide bonds. The maximum Gasteiger partial charge on any atom is 1.00 e. The summed E-state index contributed by atoms with van der Waals surface area (Å²) in [5.41, 5.74) is 5.34. The zero-order valence-electron chi connectivity index (χ0n) is 15.4. The Labute approximate surface area is 181 Å². The summed E-state index contributed by atoms with van der Waals surface area (Å²) < 4.78 is 31.8. The number of thiazole rings is 1. The van der Waals surface area contributed by atoms with E-state index in [2.05, 4.69) is 30.3 Å². The molecular weight excluding hydrogens is 415 g/mol. The zero-order chi connectivity index (χ0) is 19.5. The molecule has 0 aliphatic carbocycles. The van der Waals surface area contributed by atoms with Crippen molar-refractivity contribution in [3.8, 4) is 0 Å². The van der Waals surface area contributed by atoms with Gasteiger partial charge in [-0.1, -0.05) is 10.3 Å². The number of aromatic nitrogens is 1. The van der Waals surface area contributed by atoms with E-state index in [0.29, 0.717) is 0 Å². The summed E-state index contributed by atoms with van der Waals surface area (Å²) in [6, 6.07) is -2.62. The Morgan fingerprint density at radius 2 is 2.19 bits per heavy atom. The molecule has 1 fully saturated rings. The van der Waals surface area contributed by atoms with Crippen LogP contribution in [0, 0.1) is 0 Å². The van der Waals surface area contributed by atoms with Gasteiger partial charge in [-0.25, -0.2) is 9.29 Å². The number of nitrogens with one attached hydrogen (secondary N) is 1. The number of nitrogen functional groups attached to an aromatic ring is 1. The van der Waals surface area contributed by atoms with Crippen LogP contribution in [0.3, 0.4) is 0 Å². The smallest absolute Gasteiger partial charge is 1.00 e. The summed E-state index contributed by atoms with van der Waals surface area (Å²) >= 11 is 1.06. The van der Waals surface area contributed by atoms with Gasteiger partial charge in [0.25, 0.3) is 11.8 Å². The molecule has 144 valence electrons. The first kappa shape index (κ1) is 23.3. The van der Waals surface area contributed by atoms with Crippen LogP contribution in [-0.2, 0) is 29.6 Å². The standard InChI is InChI=1S/C11H14N6O7S2.Na.H/c1-23-13-3-6-8(10(19)17(6)26(20,21)22)15-9(18)7(16-24-2)5-4-25-11(12)14-5;;/h3-4,6,8H,1-2H3,(H2,12,14)(H,15,18)(H,20,21,22);;/q;+1;-1/b13-3?,16-7-;;/t6-,8+;;/m1../s1. The van der Waals surface area contributed by atoms with Gasteiger partial charge in [-0.05, 0) is 0 Å². The number of anilines is 1. The minimum absolute atomic E-state index is 0. The molecule has 0 aromatic carbocycles. The number of hydrogen-bond acceptors (Lipinski definition) is 11. The van der Waals surface area contributed by atoms with Crippen molar-refractivity contribution < 1.29 is 63.2 Å². The van der Waals surface area contributed by atoms with Crippen LogP contribution in [0.2, 0.25) is 0 Å². The molecule has 16 heteroatoms. The second-order valence-electron chi connectivity index (χ2n) is 4.68. The maximum atomic E-state index is 12.4. The molecule has 4 N–H and O–H groups in total. The minimum atomic E-state index is -4.84. The maximum absolute atomic E-state index is 12.4. The predicted molar refractivity (Wildman–Crippen MR) is 90.8 cm³/mol. The number of hydrogen-bond donors (Lipinski definition) is 3. The second kappa shape index (κ2) is 9.43. The number of β-lactam (4-membered cyclic amide) rings is 1. The van der Waals surface area contributed by atoms with Crippen LogP contribution in [0.5, 0.6) is 0 Å². The van der Waals surface area contributed by atoms with Crippen molar-refractivity contribution in [1.29, 1.82) is 0 Å². The number of oxime groups is 2. The third-order valence-electron chi connectivity index (χ3n) is 3.11. The summed E-state index contributed by atoms with van der Waals surface area (Å²) in [4.78, 5) is 37.3. The minimum Gasteiger partial charge on any atom is -1.00 e. The van der Waals surface area contributed by atoms with Crippen molar-refractivity contribution in [3.05, 3.63) is 11.1 Å². The van der Waals surface area contributed by atoms with Gasteiger partial charge in [0, 0.05) is 5.38 Å². The third kappa shape index (κ3) is 5.14. The predicted octanol–water partition coefficient (Wildman–Crippen LogP) is -4.68. The van der Waals surface area contributed by atoms with Crippen LogP contribution in [0.15, 0.2) is 15.7 Å². The number of nitrogens with two attached hydrogens (primary N) is 1. The average molecular weight is 430 g/mol. The Kier molecular flexibility index (Phi) is 8.12. The number of nitrogens with zero attached hydrogens (tertiary/aromatic N) is 4. The molecule has 0 spiro atoms. The van der Waals surface area contributed by atoms with Gasteiger partial charge in [-0.15, -0.1) is 11.3 Å². The van der Waals surface area contributed by atoms with Gasteiger partial charge in [0.1, 0.15) is 32.0 Å². The van der Waals surface area contributed by atoms with E-state index < -0.39 is 34.2 Å². The fourth-order valence-corrected chi connectivity index (χ4v) is 3.44. The van der Waals surface area contributed by atoms with Gasteiger partial charge in [0.2, 0.25) is 0 Å². The SMILES string of the molecule is CON=C[C@@H]1[C@H](NC(=O)/C(=N\OC)c2csc(N)n2)C(=O)N1S(=O)(=O)O.[H-].[Na+]. The number of amides is 2. The fourth-order valence-electron chi connectivity index (χ4n) is 2.07. The molecule has 1 saturated heterocycles. The topological polar surface area (TPSA) is 186 Å². The van der Waals surface area contributed by atoms with E-state index in [1.807, 2.05) is 0 Å². The van der Waals surface area contributed by atoms with E-state index in [-0.39, 0.29) is 51.8 Å². The molecule has 2 heterocycles. The van der Waals surface area contributed by atoms with Gasteiger partial charge in [-0.2, -0.15) is 8.42 Å². The molecule has 1 aromatic heterocycles. The summed E-state index contributed by atoms with van der Waals surface area (Å²) in [5.74, 6) is -1.94. The molecule has 0 saturated carbocycles. The molecule has 1 aromatic rings. The first-order valence-corrected chi connectivity index (χ1v) is 8.99. The van der Waals surface area contributed by atoms with Crippen molar-refractivity contribution in [1.82, 2.24) is 14.6 Å².